The Labute approximate surface area is 162 Å². The van der Waals surface area contributed by atoms with Crippen molar-refractivity contribution in [2.75, 3.05) is 19.6 Å². The van der Waals surface area contributed by atoms with E-state index in [1.54, 1.807) is 18.2 Å². The van der Waals surface area contributed by atoms with E-state index < -0.39 is 10.0 Å². The summed E-state index contributed by atoms with van der Waals surface area (Å²) in [6.45, 7) is 3.81. The molecule has 0 aromatic heterocycles. The molecular formula is C19H21BrN2O3S. The Balaban J connectivity index is 2.21. The van der Waals surface area contributed by atoms with Gasteiger partial charge in [0, 0.05) is 17.6 Å². The fourth-order valence-corrected chi connectivity index (χ4v) is 4.00. The first-order valence-electron chi connectivity index (χ1n) is 8.10. The van der Waals surface area contributed by atoms with E-state index in [-0.39, 0.29) is 23.9 Å². The van der Waals surface area contributed by atoms with Crippen LogP contribution < -0.4 is 5.32 Å². The number of hydrogen-bond donors (Lipinski definition) is 1. The minimum Gasteiger partial charge on any atom is -0.351 e. The van der Waals surface area contributed by atoms with Crippen LogP contribution in [0.1, 0.15) is 5.56 Å². The Kier molecular flexibility index (Phi) is 7.56. The number of sulfonamides is 1. The summed E-state index contributed by atoms with van der Waals surface area (Å²) in [6.07, 6.45) is 2.07. The zero-order chi connectivity index (χ0) is 19.0. The zero-order valence-electron chi connectivity index (χ0n) is 14.3. The molecule has 0 bridgehead atoms. The number of hydrogen-bond acceptors (Lipinski definition) is 3. The predicted octanol–water partition coefficient (Wildman–Crippen LogP) is 2.98. The van der Waals surface area contributed by atoms with Crippen LogP contribution in [0.3, 0.4) is 0 Å². The third-order valence-electron chi connectivity index (χ3n) is 3.71. The van der Waals surface area contributed by atoms with E-state index in [9.17, 15) is 13.2 Å². The van der Waals surface area contributed by atoms with E-state index in [1.807, 2.05) is 30.3 Å². The number of nitrogens with one attached hydrogen (secondary N) is 1. The third-order valence-corrected chi connectivity index (χ3v) is 6.10. The van der Waals surface area contributed by atoms with Crippen molar-refractivity contribution in [3.63, 3.8) is 0 Å². The molecule has 2 rings (SSSR count). The van der Waals surface area contributed by atoms with E-state index >= 15 is 0 Å². The molecule has 1 amide bonds. The molecule has 0 saturated carbocycles. The molecule has 0 aliphatic rings. The molecule has 0 saturated heterocycles. The van der Waals surface area contributed by atoms with Gasteiger partial charge in [-0.15, -0.1) is 6.58 Å². The average Bonchev–Trinajstić information content (AvgIpc) is 2.64. The van der Waals surface area contributed by atoms with Crippen LogP contribution in [0, 0.1) is 0 Å². The summed E-state index contributed by atoms with van der Waals surface area (Å²) in [5.74, 6) is -0.362. The fourth-order valence-electron chi connectivity index (χ4n) is 2.34. The number of carbonyl (C=O) groups excluding carboxylic acids is 1. The molecule has 138 valence electrons. The molecule has 0 spiro atoms. The van der Waals surface area contributed by atoms with Gasteiger partial charge in [-0.2, -0.15) is 4.31 Å². The average molecular weight is 437 g/mol. The van der Waals surface area contributed by atoms with E-state index in [4.69, 9.17) is 0 Å². The second-order valence-corrected chi connectivity index (χ2v) is 8.47. The lowest BCUT2D eigenvalue weighted by atomic mass is 10.1. The summed E-state index contributed by atoms with van der Waals surface area (Å²) in [5, 5.41) is 2.62. The second kappa shape index (κ2) is 9.66. The highest BCUT2D eigenvalue weighted by Crippen LogP contribution is 2.19. The molecule has 0 aliphatic heterocycles. The zero-order valence-corrected chi connectivity index (χ0v) is 16.7. The van der Waals surface area contributed by atoms with Crippen LogP contribution in [-0.4, -0.2) is 38.3 Å². The molecule has 0 aliphatic carbocycles. The minimum absolute atomic E-state index is 0.158. The SMILES string of the molecule is C=CCNC(=O)CN(CCc1ccccc1)S(=O)(=O)c1ccc(Br)cc1. The van der Waals surface area contributed by atoms with Gasteiger partial charge in [-0.3, -0.25) is 4.79 Å². The molecule has 5 nitrogen and oxygen atoms in total. The molecule has 0 fully saturated rings. The molecule has 0 radical (unpaired) electrons. The lowest BCUT2D eigenvalue weighted by Gasteiger charge is -2.22. The summed E-state index contributed by atoms with van der Waals surface area (Å²) in [5.41, 5.74) is 1.01. The molecular weight excluding hydrogens is 416 g/mol. The monoisotopic (exact) mass is 436 g/mol. The van der Waals surface area contributed by atoms with Gasteiger partial charge in [0.2, 0.25) is 15.9 Å². The highest BCUT2D eigenvalue weighted by atomic mass is 79.9. The predicted molar refractivity (Wildman–Crippen MR) is 106 cm³/mol. The first kappa shape index (κ1) is 20.4. The van der Waals surface area contributed by atoms with E-state index in [0.29, 0.717) is 13.0 Å². The number of halogens is 1. The minimum atomic E-state index is -3.78. The fraction of sp³-hybridized carbons (Fsp3) is 0.211. The molecule has 7 heteroatoms. The van der Waals surface area contributed by atoms with Crippen LogP contribution >= 0.6 is 15.9 Å². The van der Waals surface area contributed by atoms with Gasteiger partial charge in [-0.05, 0) is 36.2 Å². The van der Waals surface area contributed by atoms with Crippen molar-refractivity contribution >= 4 is 31.9 Å². The van der Waals surface area contributed by atoms with Gasteiger partial charge >= 0.3 is 0 Å². The van der Waals surface area contributed by atoms with Crippen molar-refractivity contribution in [1.29, 1.82) is 0 Å². The summed E-state index contributed by atoms with van der Waals surface area (Å²) >= 11 is 3.30. The lowest BCUT2D eigenvalue weighted by molar-refractivity contribution is -0.121. The van der Waals surface area contributed by atoms with Crippen molar-refractivity contribution in [3.8, 4) is 0 Å². The highest BCUT2D eigenvalue weighted by Gasteiger charge is 2.26. The van der Waals surface area contributed by atoms with Gasteiger partial charge < -0.3 is 5.32 Å². The number of benzene rings is 2. The van der Waals surface area contributed by atoms with Crippen molar-refractivity contribution in [1.82, 2.24) is 9.62 Å². The van der Waals surface area contributed by atoms with Crippen LogP contribution in [0.15, 0.2) is 76.6 Å². The molecule has 1 N–H and O–H groups in total. The molecule has 2 aromatic carbocycles. The maximum atomic E-state index is 13.0. The Bertz CT molecular complexity index is 837. The molecule has 0 atom stereocenters. The number of rotatable bonds is 9. The maximum Gasteiger partial charge on any atom is 0.243 e. The molecule has 26 heavy (non-hydrogen) atoms. The smallest absolute Gasteiger partial charge is 0.243 e. The van der Waals surface area contributed by atoms with Gasteiger partial charge in [0.05, 0.1) is 11.4 Å². The summed E-state index contributed by atoms with van der Waals surface area (Å²) in [6, 6.07) is 16.0. The van der Waals surface area contributed by atoms with Gasteiger partial charge in [0.1, 0.15) is 0 Å². The quantitative estimate of drug-likeness (QED) is 0.614. The van der Waals surface area contributed by atoms with Crippen molar-refractivity contribution in [2.45, 2.75) is 11.3 Å². The van der Waals surface area contributed by atoms with Crippen LogP contribution in [0.5, 0.6) is 0 Å². The van der Waals surface area contributed by atoms with Crippen molar-refractivity contribution < 1.29 is 13.2 Å². The third kappa shape index (κ3) is 5.79. The molecule has 0 heterocycles. The molecule has 0 unspecified atom stereocenters. The van der Waals surface area contributed by atoms with Crippen LogP contribution in [0.4, 0.5) is 0 Å². The van der Waals surface area contributed by atoms with Gasteiger partial charge in [-0.1, -0.05) is 52.3 Å². The Morgan fingerprint density at radius 1 is 1.12 bits per heavy atom. The number of carbonyl (C=O) groups is 1. The summed E-state index contributed by atoms with van der Waals surface area (Å²) in [7, 11) is -3.78. The van der Waals surface area contributed by atoms with Gasteiger partial charge in [-0.25, -0.2) is 8.42 Å². The highest BCUT2D eigenvalue weighted by molar-refractivity contribution is 9.10. The Hall–Kier alpha value is -1.96. The van der Waals surface area contributed by atoms with Crippen LogP contribution in [-0.2, 0) is 21.2 Å². The Morgan fingerprint density at radius 2 is 1.77 bits per heavy atom. The largest absolute Gasteiger partial charge is 0.351 e. The maximum absolute atomic E-state index is 13.0. The standard InChI is InChI=1S/C19H21BrN2O3S/c1-2-13-21-19(23)15-22(14-12-16-6-4-3-5-7-16)26(24,25)18-10-8-17(20)9-11-18/h2-11H,1,12-15H2,(H,21,23). The number of amides is 1. The normalized spacial score (nSPS) is 11.3. The first-order chi connectivity index (χ1) is 12.4. The van der Waals surface area contributed by atoms with Crippen LogP contribution in [0.25, 0.3) is 0 Å². The number of nitrogens with zero attached hydrogens (tertiary/aromatic N) is 1. The van der Waals surface area contributed by atoms with Crippen LogP contribution in [0.2, 0.25) is 0 Å². The van der Waals surface area contributed by atoms with Gasteiger partial charge in [0.25, 0.3) is 0 Å². The molecule has 2 aromatic rings. The first-order valence-corrected chi connectivity index (χ1v) is 10.3. The van der Waals surface area contributed by atoms with E-state index in [1.165, 1.54) is 16.4 Å². The topological polar surface area (TPSA) is 66.5 Å². The summed E-state index contributed by atoms with van der Waals surface area (Å²) in [4.78, 5) is 12.2. The van der Waals surface area contributed by atoms with Gasteiger partial charge in [0.15, 0.2) is 0 Å². The summed E-state index contributed by atoms with van der Waals surface area (Å²) < 4.78 is 28.0. The Morgan fingerprint density at radius 3 is 2.38 bits per heavy atom. The van der Waals surface area contributed by atoms with E-state index in [2.05, 4.69) is 27.8 Å². The van der Waals surface area contributed by atoms with Crippen molar-refractivity contribution in [2.24, 2.45) is 0 Å². The lowest BCUT2D eigenvalue weighted by Crippen LogP contribution is -2.41. The van der Waals surface area contributed by atoms with E-state index in [0.717, 1.165) is 10.0 Å². The second-order valence-electron chi connectivity index (χ2n) is 5.62. The van der Waals surface area contributed by atoms with Crippen molar-refractivity contribution in [3.05, 3.63) is 77.3 Å².